The Hall–Kier alpha value is -2.55. The van der Waals surface area contributed by atoms with Crippen LogP contribution in [-0.2, 0) is 9.47 Å². The molecule has 0 amide bonds. The number of ether oxygens (including phenoxy) is 2. The van der Waals surface area contributed by atoms with E-state index in [0.717, 1.165) is 96.3 Å². The molecular formula is C37H55N5O3SSi2. The topological polar surface area (TPSA) is 85.0 Å². The Morgan fingerprint density at radius 3 is 2.10 bits per heavy atom. The van der Waals surface area contributed by atoms with Crippen LogP contribution < -0.4 is 4.90 Å². The molecule has 1 aliphatic rings. The van der Waals surface area contributed by atoms with Gasteiger partial charge in [-0.1, -0.05) is 75.7 Å². The van der Waals surface area contributed by atoms with E-state index in [1.54, 1.807) is 11.8 Å². The molecular weight excluding hydrogens is 651 g/mol. The highest BCUT2D eigenvalue weighted by Crippen LogP contribution is 2.40. The van der Waals surface area contributed by atoms with E-state index in [1.807, 2.05) is 35.1 Å². The van der Waals surface area contributed by atoms with Crippen molar-refractivity contribution in [3.63, 3.8) is 0 Å². The first-order chi connectivity index (χ1) is 22.8. The number of aliphatic hydroxyl groups is 1. The van der Waals surface area contributed by atoms with Gasteiger partial charge in [-0.3, -0.25) is 4.98 Å². The summed E-state index contributed by atoms with van der Waals surface area (Å²) in [4.78, 5) is 12.3. The van der Waals surface area contributed by atoms with Crippen LogP contribution in [0.5, 0.6) is 0 Å². The average Bonchev–Trinajstić information content (AvgIpc) is 3.48. The summed E-state index contributed by atoms with van der Waals surface area (Å²) in [6, 6.07) is 18.8. The standard InChI is InChI=1S/C37H55N5O3SSi2/c1-46-26-37(43)17-15-30(16-18-37)34-23-35(41(27-44-19-21-47(2,3)4)28-45-20-22-48(5,6)7)42-36(40-34)32(25-39-42)31-13-14-33(38-24-31)29-11-9-8-10-12-29/h8-14,23-25,30,43H,15-22,26-28H2,1-7H3. The number of rotatable bonds is 16. The van der Waals surface area contributed by atoms with Crippen LogP contribution in [0.2, 0.25) is 51.4 Å². The molecule has 11 heteroatoms. The lowest BCUT2D eigenvalue weighted by atomic mass is 9.78. The third-order valence-electron chi connectivity index (χ3n) is 9.18. The van der Waals surface area contributed by atoms with Crippen molar-refractivity contribution >= 4 is 39.4 Å². The third kappa shape index (κ3) is 10.0. The van der Waals surface area contributed by atoms with E-state index in [4.69, 9.17) is 24.5 Å². The lowest BCUT2D eigenvalue weighted by Gasteiger charge is -2.35. The first-order valence-electron chi connectivity index (χ1n) is 17.4. The SMILES string of the molecule is CSCC1(O)CCC(c2cc(N(COCC[Si](C)(C)C)COCC[Si](C)(C)C)n3ncc(-c4ccc(-c5ccccc5)nc4)c3n2)CC1. The van der Waals surface area contributed by atoms with Gasteiger partial charge in [0, 0.05) is 75.7 Å². The maximum Gasteiger partial charge on any atom is 0.165 e. The first kappa shape index (κ1) is 36.7. The molecule has 0 spiro atoms. The molecule has 0 bridgehead atoms. The van der Waals surface area contributed by atoms with Crippen molar-refractivity contribution < 1.29 is 14.6 Å². The quantitative estimate of drug-likeness (QED) is 0.0705. The molecule has 1 saturated carbocycles. The van der Waals surface area contributed by atoms with Crippen LogP contribution in [-0.4, -0.2) is 85.1 Å². The molecule has 1 aliphatic carbocycles. The minimum atomic E-state index is -1.24. The third-order valence-corrected chi connectivity index (χ3v) is 13.4. The van der Waals surface area contributed by atoms with Crippen molar-refractivity contribution in [2.24, 2.45) is 0 Å². The smallest absolute Gasteiger partial charge is 0.165 e. The molecule has 5 rings (SSSR count). The van der Waals surface area contributed by atoms with Gasteiger partial charge in [-0.05, 0) is 50.1 Å². The number of fused-ring (bicyclic) bond motifs is 1. The normalized spacial score (nSPS) is 18.8. The Balaban J connectivity index is 1.51. The second-order valence-electron chi connectivity index (χ2n) is 15.8. The fourth-order valence-electron chi connectivity index (χ4n) is 6.08. The van der Waals surface area contributed by atoms with E-state index in [0.29, 0.717) is 13.5 Å². The Morgan fingerprint density at radius 2 is 1.54 bits per heavy atom. The van der Waals surface area contributed by atoms with E-state index in [1.165, 1.54) is 0 Å². The largest absolute Gasteiger partial charge is 0.389 e. The van der Waals surface area contributed by atoms with Gasteiger partial charge in [-0.15, -0.1) is 0 Å². The van der Waals surface area contributed by atoms with E-state index in [9.17, 15) is 5.11 Å². The molecule has 260 valence electrons. The number of pyridine rings is 1. The van der Waals surface area contributed by atoms with Gasteiger partial charge in [-0.25, -0.2) is 4.98 Å². The maximum absolute atomic E-state index is 11.2. The Labute approximate surface area is 293 Å². The highest BCUT2D eigenvalue weighted by atomic mass is 32.2. The summed E-state index contributed by atoms with van der Waals surface area (Å²) in [5.74, 6) is 1.94. The van der Waals surface area contributed by atoms with Crippen molar-refractivity contribution in [1.82, 2.24) is 19.6 Å². The second-order valence-corrected chi connectivity index (χ2v) is 27.9. The number of hydrogen-bond donors (Lipinski definition) is 1. The van der Waals surface area contributed by atoms with Crippen LogP contribution in [0, 0.1) is 0 Å². The average molecular weight is 706 g/mol. The molecule has 48 heavy (non-hydrogen) atoms. The van der Waals surface area contributed by atoms with Gasteiger partial charge < -0.3 is 19.5 Å². The Bertz CT molecular complexity index is 1580. The fraction of sp³-hybridized carbons (Fsp3) is 0.541. The van der Waals surface area contributed by atoms with Gasteiger partial charge in [0.2, 0.25) is 0 Å². The number of aromatic nitrogens is 4. The summed E-state index contributed by atoms with van der Waals surface area (Å²) in [5, 5.41) is 16.1. The van der Waals surface area contributed by atoms with E-state index in [-0.39, 0.29) is 5.92 Å². The summed E-state index contributed by atoms with van der Waals surface area (Å²) in [5.41, 5.74) is 5.18. The number of anilines is 1. The van der Waals surface area contributed by atoms with Gasteiger partial charge in [0.15, 0.2) is 5.65 Å². The molecule has 0 radical (unpaired) electrons. The number of thioether (sulfide) groups is 1. The molecule has 0 atom stereocenters. The lowest BCUT2D eigenvalue weighted by molar-refractivity contribution is 0.0216. The predicted molar refractivity (Wildman–Crippen MR) is 207 cm³/mol. The van der Waals surface area contributed by atoms with Gasteiger partial charge in [0.05, 0.1) is 17.5 Å². The molecule has 1 aromatic carbocycles. The molecule has 8 nitrogen and oxygen atoms in total. The van der Waals surface area contributed by atoms with Gasteiger partial charge in [0.25, 0.3) is 0 Å². The highest BCUT2D eigenvalue weighted by Gasteiger charge is 2.34. The van der Waals surface area contributed by atoms with Crippen molar-refractivity contribution in [1.29, 1.82) is 0 Å². The predicted octanol–water partition coefficient (Wildman–Crippen LogP) is 8.64. The Kier molecular flexibility index (Phi) is 12.2. The second kappa shape index (κ2) is 16.0. The Morgan fingerprint density at radius 1 is 0.896 bits per heavy atom. The van der Waals surface area contributed by atoms with Crippen molar-refractivity contribution in [2.45, 2.75) is 88.6 Å². The fourth-order valence-corrected chi connectivity index (χ4v) is 8.42. The summed E-state index contributed by atoms with van der Waals surface area (Å²) in [7, 11) is -2.48. The summed E-state index contributed by atoms with van der Waals surface area (Å²) < 4.78 is 14.6. The molecule has 1 fully saturated rings. The summed E-state index contributed by atoms with van der Waals surface area (Å²) in [6.07, 6.45) is 9.25. The van der Waals surface area contributed by atoms with Crippen LogP contribution >= 0.6 is 11.8 Å². The summed E-state index contributed by atoms with van der Waals surface area (Å²) in [6.45, 7) is 16.5. The first-order valence-corrected chi connectivity index (χ1v) is 26.2. The molecule has 4 aromatic rings. The molecule has 0 unspecified atom stereocenters. The lowest BCUT2D eigenvalue weighted by Crippen LogP contribution is -2.36. The molecule has 0 saturated heterocycles. The minimum Gasteiger partial charge on any atom is -0.389 e. The minimum absolute atomic E-state index is 0.250. The van der Waals surface area contributed by atoms with Crippen LogP contribution in [0.15, 0.2) is 60.9 Å². The van der Waals surface area contributed by atoms with Crippen molar-refractivity contribution in [3.8, 4) is 22.4 Å². The molecule has 3 heterocycles. The van der Waals surface area contributed by atoms with E-state index < -0.39 is 21.7 Å². The van der Waals surface area contributed by atoms with Crippen molar-refractivity contribution in [3.05, 3.63) is 66.6 Å². The zero-order valence-electron chi connectivity index (χ0n) is 30.0. The molecule has 1 N–H and O–H groups in total. The zero-order valence-corrected chi connectivity index (χ0v) is 32.9. The zero-order chi connectivity index (χ0) is 34.4. The summed E-state index contributed by atoms with van der Waals surface area (Å²) >= 11 is 1.72. The van der Waals surface area contributed by atoms with E-state index >= 15 is 0 Å². The van der Waals surface area contributed by atoms with Gasteiger partial charge in [-0.2, -0.15) is 21.4 Å². The number of nitrogens with zero attached hydrogens (tertiary/aromatic N) is 5. The molecule has 0 aliphatic heterocycles. The monoisotopic (exact) mass is 705 g/mol. The van der Waals surface area contributed by atoms with Crippen LogP contribution in [0.1, 0.15) is 37.3 Å². The highest BCUT2D eigenvalue weighted by molar-refractivity contribution is 7.98. The van der Waals surface area contributed by atoms with Crippen LogP contribution in [0.3, 0.4) is 0 Å². The maximum atomic E-state index is 11.2. The molecule has 3 aromatic heterocycles. The van der Waals surface area contributed by atoms with Crippen LogP contribution in [0.4, 0.5) is 5.82 Å². The number of hydrogen-bond acceptors (Lipinski definition) is 8. The van der Waals surface area contributed by atoms with Crippen LogP contribution in [0.25, 0.3) is 28.0 Å². The van der Waals surface area contributed by atoms with Crippen molar-refractivity contribution in [2.75, 3.05) is 43.6 Å². The van der Waals surface area contributed by atoms with E-state index in [2.05, 4.69) is 80.8 Å². The van der Waals surface area contributed by atoms with Gasteiger partial charge >= 0.3 is 0 Å². The van der Waals surface area contributed by atoms with Gasteiger partial charge in [0.1, 0.15) is 19.3 Å². The number of benzene rings is 1.